The summed E-state index contributed by atoms with van der Waals surface area (Å²) in [4.78, 5) is 5.35. The largest absolute Gasteiger partial charge is 0.497 e. The van der Waals surface area contributed by atoms with Crippen LogP contribution in [-0.4, -0.2) is 92.1 Å². The molecular formula is C35H45N6O12P. The monoisotopic (exact) mass is 772 g/mol. The van der Waals surface area contributed by atoms with Crippen LogP contribution in [0.2, 0.25) is 0 Å². The van der Waals surface area contributed by atoms with Crippen LogP contribution < -0.4 is 14.2 Å². The summed E-state index contributed by atoms with van der Waals surface area (Å²) in [5.41, 5.74) is 19.8. The predicted molar refractivity (Wildman–Crippen MR) is 194 cm³/mol. The molecule has 5 atom stereocenters. The lowest BCUT2D eigenvalue weighted by Gasteiger charge is -2.45. The van der Waals surface area contributed by atoms with Crippen molar-refractivity contribution in [2.24, 2.45) is 10.2 Å². The van der Waals surface area contributed by atoms with E-state index in [2.05, 4.69) is 20.1 Å². The molecule has 1 fully saturated rings. The van der Waals surface area contributed by atoms with Gasteiger partial charge in [-0.25, -0.2) is 4.57 Å². The molecule has 0 bridgehead atoms. The first-order valence-electron chi connectivity index (χ1n) is 16.8. The van der Waals surface area contributed by atoms with Gasteiger partial charge in [-0.1, -0.05) is 46.6 Å². The molecule has 3 aromatic rings. The molecule has 0 spiro atoms. The van der Waals surface area contributed by atoms with Gasteiger partial charge in [0.05, 0.1) is 61.0 Å². The van der Waals surface area contributed by atoms with Crippen LogP contribution in [0.15, 0.2) is 83.0 Å². The van der Waals surface area contributed by atoms with E-state index in [0.29, 0.717) is 17.2 Å². The summed E-state index contributed by atoms with van der Waals surface area (Å²) in [5, 5.41) is 6.79. The molecule has 54 heavy (non-hydrogen) atoms. The molecule has 1 heterocycles. The van der Waals surface area contributed by atoms with Crippen LogP contribution in [0.1, 0.15) is 16.7 Å². The first-order valence-corrected chi connectivity index (χ1v) is 18.3. The fourth-order valence-electron chi connectivity index (χ4n) is 5.27. The molecule has 1 aliphatic rings. The molecule has 0 unspecified atom stereocenters. The Morgan fingerprint density at radius 3 is 1.41 bits per heavy atom. The van der Waals surface area contributed by atoms with Gasteiger partial charge in [0, 0.05) is 30.0 Å². The molecule has 18 nitrogen and oxygen atoms in total. The SMILES string of the molecule is COc1ccc(CO[C@@H]2[C@H](OCc3ccc(OC)cc3)[C@@H](OC)O[C@H](COP(=O)(OCCN=[N+]=[N-])OCCN=[N+]=[N-])[C@H]2OCc2ccc(OC)cc2)cc1. The Hall–Kier alpha value is -4.41. The minimum absolute atomic E-state index is 0.114. The van der Waals surface area contributed by atoms with E-state index in [1.807, 2.05) is 72.8 Å². The van der Waals surface area contributed by atoms with Crippen LogP contribution in [0.25, 0.3) is 20.9 Å². The van der Waals surface area contributed by atoms with Crippen molar-refractivity contribution in [2.75, 3.05) is 61.3 Å². The summed E-state index contributed by atoms with van der Waals surface area (Å²) in [6, 6.07) is 22.2. The Morgan fingerprint density at radius 1 is 0.611 bits per heavy atom. The quantitative estimate of drug-likeness (QED) is 0.0298. The standard InChI is InChI=1S/C35H45N6O12P/c1-43-28-11-5-25(6-12-28)21-47-32-31(24-52-54(42,50-19-17-38-40-36)51-20-18-39-41-37)53-35(46-4)34(49-23-27-9-15-30(45-3)16-10-27)33(32)48-22-26-7-13-29(44-2)14-8-26/h5-16,31-35H,17-24H2,1-4H3/t31-,32-,33+,34+,35+/m1/s1. The zero-order chi connectivity index (χ0) is 38.6. The van der Waals surface area contributed by atoms with Crippen LogP contribution in [0, 0.1) is 0 Å². The number of phosphoric ester groups is 1. The summed E-state index contributed by atoms with van der Waals surface area (Å²) >= 11 is 0. The molecular weight excluding hydrogens is 727 g/mol. The number of nitrogens with zero attached hydrogens (tertiary/aromatic N) is 6. The van der Waals surface area contributed by atoms with E-state index in [0.717, 1.165) is 16.7 Å². The molecule has 19 heteroatoms. The molecule has 0 N–H and O–H groups in total. The third-order valence-corrected chi connectivity index (χ3v) is 9.50. The van der Waals surface area contributed by atoms with Gasteiger partial charge in [-0.2, -0.15) is 0 Å². The van der Waals surface area contributed by atoms with Crippen LogP contribution in [0.3, 0.4) is 0 Å². The van der Waals surface area contributed by atoms with Crippen LogP contribution in [0.4, 0.5) is 0 Å². The number of hydrogen-bond donors (Lipinski definition) is 0. The smallest absolute Gasteiger partial charge is 0.474 e. The van der Waals surface area contributed by atoms with Gasteiger partial charge in [0.25, 0.3) is 0 Å². The van der Waals surface area contributed by atoms with Crippen LogP contribution in [-0.2, 0) is 61.6 Å². The van der Waals surface area contributed by atoms with Crippen LogP contribution in [0.5, 0.6) is 17.2 Å². The summed E-state index contributed by atoms with van der Waals surface area (Å²) in [6.45, 7) is -0.798. The van der Waals surface area contributed by atoms with E-state index in [-0.39, 0.29) is 52.7 Å². The highest BCUT2D eigenvalue weighted by Gasteiger charge is 2.49. The Bertz CT molecular complexity index is 1660. The second-order valence-electron chi connectivity index (χ2n) is 11.5. The molecule has 1 saturated heterocycles. The van der Waals surface area contributed by atoms with Crippen molar-refractivity contribution in [3.05, 3.63) is 110 Å². The Balaban J connectivity index is 1.66. The first-order chi connectivity index (χ1) is 26.3. The fraction of sp³-hybridized carbons (Fsp3) is 0.486. The van der Waals surface area contributed by atoms with Crippen molar-refractivity contribution in [1.29, 1.82) is 0 Å². The summed E-state index contributed by atoms with van der Waals surface area (Å²) in [7, 11) is 1.90. The van der Waals surface area contributed by atoms with Gasteiger partial charge in [-0.15, -0.1) is 0 Å². The van der Waals surface area contributed by atoms with Crippen molar-refractivity contribution < 1.29 is 56.0 Å². The van der Waals surface area contributed by atoms with Gasteiger partial charge in [0.2, 0.25) is 0 Å². The maximum atomic E-state index is 13.7. The predicted octanol–water partition coefficient (Wildman–Crippen LogP) is 6.92. The highest BCUT2D eigenvalue weighted by Crippen LogP contribution is 2.50. The Kier molecular flexibility index (Phi) is 17.8. The first kappa shape index (κ1) is 42.3. The van der Waals surface area contributed by atoms with E-state index >= 15 is 0 Å². The molecule has 292 valence electrons. The Labute approximate surface area is 313 Å². The molecule has 4 rings (SSSR count). The minimum Gasteiger partial charge on any atom is -0.497 e. The normalized spacial score (nSPS) is 20.6. The number of hydrogen-bond acceptors (Lipinski definition) is 14. The number of methoxy groups -OCH3 is 4. The second kappa shape index (κ2) is 22.7. The average molecular weight is 773 g/mol. The molecule has 0 aliphatic carbocycles. The third kappa shape index (κ3) is 13.2. The van der Waals surface area contributed by atoms with Gasteiger partial charge < -0.3 is 37.9 Å². The van der Waals surface area contributed by atoms with Crippen molar-refractivity contribution >= 4 is 7.82 Å². The summed E-state index contributed by atoms with van der Waals surface area (Å²) < 4.78 is 78.2. The lowest BCUT2D eigenvalue weighted by Crippen LogP contribution is -2.61. The van der Waals surface area contributed by atoms with E-state index in [1.165, 1.54) is 7.11 Å². The van der Waals surface area contributed by atoms with Gasteiger partial charge in [0.15, 0.2) is 6.29 Å². The summed E-state index contributed by atoms with van der Waals surface area (Å²) in [5.74, 6) is 2.07. The topological polar surface area (TPSA) is 216 Å². The maximum absolute atomic E-state index is 13.7. The average Bonchev–Trinajstić information content (AvgIpc) is 3.21. The Morgan fingerprint density at radius 2 is 1.02 bits per heavy atom. The van der Waals surface area contributed by atoms with Crippen molar-refractivity contribution in [2.45, 2.75) is 50.5 Å². The lowest BCUT2D eigenvalue weighted by atomic mass is 9.98. The zero-order valence-electron chi connectivity index (χ0n) is 30.5. The second-order valence-corrected chi connectivity index (χ2v) is 13.1. The molecule has 0 amide bonds. The van der Waals surface area contributed by atoms with E-state index < -0.39 is 38.5 Å². The van der Waals surface area contributed by atoms with Crippen molar-refractivity contribution in [3.8, 4) is 17.2 Å². The summed E-state index contributed by atoms with van der Waals surface area (Å²) in [6.07, 6.45) is -4.57. The molecule has 0 radical (unpaired) electrons. The lowest BCUT2D eigenvalue weighted by molar-refractivity contribution is -0.321. The molecule has 0 saturated carbocycles. The van der Waals surface area contributed by atoms with Gasteiger partial charge in [-0.05, 0) is 64.2 Å². The number of rotatable bonds is 24. The van der Waals surface area contributed by atoms with Gasteiger partial charge >= 0.3 is 7.82 Å². The van der Waals surface area contributed by atoms with E-state index in [9.17, 15) is 4.57 Å². The van der Waals surface area contributed by atoms with E-state index in [1.54, 1.807) is 21.3 Å². The highest BCUT2D eigenvalue weighted by molar-refractivity contribution is 7.48. The zero-order valence-corrected chi connectivity index (χ0v) is 31.4. The van der Waals surface area contributed by atoms with Crippen molar-refractivity contribution in [1.82, 2.24) is 0 Å². The molecule has 1 aliphatic heterocycles. The fourth-order valence-corrected chi connectivity index (χ4v) is 6.43. The van der Waals surface area contributed by atoms with E-state index in [4.69, 9.17) is 62.5 Å². The minimum atomic E-state index is -4.32. The van der Waals surface area contributed by atoms with Gasteiger partial charge in [0.1, 0.15) is 41.7 Å². The number of ether oxygens (including phenoxy) is 8. The van der Waals surface area contributed by atoms with Crippen LogP contribution >= 0.6 is 7.82 Å². The molecule has 3 aromatic carbocycles. The highest BCUT2D eigenvalue weighted by atomic mass is 31.2. The van der Waals surface area contributed by atoms with Crippen molar-refractivity contribution in [3.63, 3.8) is 0 Å². The molecule has 0 aromatic heterocycles. The number of phosphoric acid groups is 1. The van der Waals surface area contributed by atoms with Gasteiger partial charge in [-0.3, -0.25) is 13.6 Å². The third-order valence-electron chi connectivity index (χ3n) is 8.03. The number of benzene rings is 3. The maximum Gasteiger partial charge on any atom is 0.474 e. The number of azide groups is 2.